The van der Waals surface area contributed by atoms with E-state index in [-0.39, 0.29) is 0 Å². The van der Waals surface area contributed by atoms with Crippen LogP contribution in [0.1, 0.15) is 26.3 Å². The molecule has 3 N–H and O–H groups in total. The minimum absolute atomic E-state index is 0.322. The van der Waals surface area contributed by atoms with Gasteiger partial charge in [0.25, 0.3) is 0 Å². The Morgan fingerprint density at radius 1 is 1.47 bits per heavy atom. The Labute approximate surface area is 106 Å². The lowest BCUT2D eigenvalue weighted by atomic mass is 10.2. The highest BCUT2D eigenvalue weighted by atomic mass is 35.5. The summed E-state index contributed by atoms with van der Waals surface area (Å²) < 4.78 is 5.15. The molecule has 0 atom stereocenters. The van der Waals surface area contributed by atoms with Crippen LogP contribution < -0.4 is 11.1 Å². The van der Waals surface area contributed by atoms with Crippen molar-refractivity contribution in [3.63, 3.8) is 0 Å². The van der Waals surface area contributed by atoms with Gasteiger partial charge in [0.05, 0.1) is 0 Å². The van der Waals surface area contributed by atoms with Gasteiger partial charge in [0.15, 0.2) is 0 Å². The van der Waals surface area contributed by atoms with Crippen molar-refractivity contribution in [2.45, 2.75) is 32.9 Å². The minimum atomic E-state index is -0.536. The van der Waals surface area contributed by atoms with E-state index in [1.54, 1.807) is 39.0 Å². The normalized spacial score (nSPS) is 11.1. The molecule has 0 saturated heterocycles. The van der Waals surface area contributed by atoms with Crippen LogP contribution in [0.2, 0.25) is 5.02 Å². The molecule has 0 saturated carbocycles. The number of ether oxygens (including phenoxy) is 1. The van der Waals surface area contributed by atoms with Gasteiger partial charge in [-0.15, -0.1) is 0 Å². The summed E-state index contributed by atoms with van der Waals surface area (Å²) in [4.78, 5) is 11.6. The summed E-state index contributed by atoms with van der Waals surface area (Å²) in [6.07, 6.45) is -0.519. The highest BCUT2D eigenvalue weighted by Gasteiger charge is 2.17. The van der Waals surface area contributed by atoms with Crippen molar-refractivity contribution >= 4 is 23.4 Å². The second-order valence-electron chi connectivity index (χ2n) is 4.63. The first kappa shape index (κ1) is 13.8. The molecule has 0 aliphatic carbocycles. The van der Waals surface area contributed by atoms with Crippen LogP contribution in [0.25, 0.3) is 0 Å². The van der Waals surface area contributed by atoms with Crippen molar-refractivity contribution < 1.29 is 9.53 Å². The third-order valence-corrected chi connectivity index (χ3v) is 2.16. The number of hydrogen-bond donors (Lipinski definition) is 2. The van der Waals surface area contributed by atoms with Crippen molar-refractivity contribution in [1.82, 2.24) is 0 Å². The van der Waals surface area contributed by atoms with Crippen molar-refractivity contribution in [3.05, 3.63) is 28.8 Å². The van der Waals surface area contributed by atoms with Crippen molar-refractivity contribution in [2.75, 3.05) is 5.32 Å². The summed E-state index contributed by atoms with van der Waals surface area (Å²) in [5.74, 6) is 0. The molecule has 1 aromatic rings. The van der Waals surface area contributed by atoms with Crippen molar-refractivity contribution in [1.29, 1.82) is 0 Å². The first-order valence-electron chi connectivity index (χ1n) is 5.30. The molecule has 0 fully saturated rings. The monoisotopic (exact) mass is 256 g/mol. The fraction of sp³-hybridized carbons (Fsp3) is 0.417. The summed E-state index contributed by atoms with van der Waals surface area (Å²) in [6.45, 7) is 5.72. The fourth-order valence-corrected chi connectivity index (χ4v) is 1.43. The molecule has 0 unspecified atom stereocenters. The van der Waals surface area contributed by atoms with E-state index in [1.165, 1.54) is 0 Å². The van der Waals surface area contributed by atoms with Gasteiger partial charge in [-0.05, 0) is 38.5 Å². The van der Waals surface area contributed by atoms with Crippen LogP contribution in [-0.4, -0.2) is 11.7 Å². The Kier molecular flexibility index (Phi) is 4.37. The van der Waals surface area contributed by atoms with Gasteiger partial charge in [-0.3, -0.25) is 5.32 Å². The molecular formula is C12H17ClN2O2. The summed E-state index contributed by atoms with van der Waals surface area (Å²) in [6, 6.07) is 5.15. The SMILES string of the molecule is CC(C)(C)OC(=O)Nc1cc(Cl)ccc1CN. The van der Waals surface area contributed by atoms with E-state index in [0.717, 1.165) is 5.56 Å². The smallest absolute Gasteiger partial charge is 0.412 e. The number of amides is 1. The van der Waals surface area contributed by atoms with E-state index >= 15 is 0 Å². The number of hydrogen-bond acceptors (Lipinski definition) is 3. The van der Waals surface area contributed by atoms with E-state index in [1.807, 2.05) is 0 Å². The lowest BCUT2D eigenvalue weighted by molar-refractivity contribution is 0.0636. The van der Waals surface area contributed by atoms with Crippen LogP contribution in [-0.2, 0) is 11.3 Å². The summed E-state index contributed by atoms with van der Waals surface area (Å²) in [5, 5.41) is 3.17. The molecule has 0 aliphatic heterocycles. The molecule has 1 aromatic carbocycles. The number of benzene rings is 1. The molecule has 5 heteroatoms. The molecule has 1 rings (SSSR count). The van der Waals surface area contributed by atoms with Crippen molar-refractivity contribution in [2.24, 2.45) is 5.73 Å². The number of anilines is 1. The highest BCUT2D eigenvalue weighted by molar-refractivity contribution is 6.31. The number of nitrogens with two attached hydrogens (primary N) is 1. The van der Waals surface area contributed by atoms with Crippen molar-refractivity contribution in [3.8, 4) is 0 Å². The van der Waals surface area contributed by atoms with Crippen LogP contribution in [0, 0.1) is 0 Å². The van der Waals surface area contributed by atoms with Crippen LogP contribution >= 0.6 is 11.6 Å². The first-order chi connectivity index (χ1) is 7.81. The third kappa shape index (κ3) is 4.63. The summed E-state index contributed by atoms with van der Waals surface area (Å²) >= 11 is 5.86. The van der Waals surface area contributed by atoms with Crippen LogP contribution in [0.5, 0.6) is 0 Å². The highest BCUT2D eigenvalue weighted by Crippen LogP contribution is 2.21. The molecule has 0 aliphatic rings. The second-order valence-corrected chi connectivity index (χ2v) is 5.07. The fourth-order valence-electron chi connectivity index (χ4n) is 1.26. The molecule has 94 valence electrons. The first-order valence-corrected chi connectivity index (χ1v) is 5.68. The predicted molar refractivity (Wildman–Crippen MR) is 69.2 cm³/mol. The third-order valence-electron chi connectivity index (χ3n) is 1.93. The lowest BCUT2D eigenvalue weighted by Gasteiger charge is -2.20. The lowest BCUT2D eigenvalue weighted by Crippen LogP contribution is -2.27. The average molecular weight is 257 g/mol. The Morgan fingerprint density at radius 3 is 2.65 bits per heavy atom. The zero-order valence-corrected chi connectivity index (χ0v) is 11.0. The Hall–Kier alpha value is -1.26. The molecule has 1 amide bonds. The summed E-state index contributed by atoms with van der Waals surface area (Å²) in [5.41, 5.74) is 6.42. The van der Waals surface area contributed by atoms with E-state index in [2.05, 4.69) is 5.32 Å². The number of halogens is 1. The minimum Gasteiger partial charge on any atom is -0.444 e. The van der Waals surface area contributed by atoms with Crippen LogP contribution in [0.15, 0.2) is 18.2 Å². The van der Waals surface area contributed by atoms with E-state index in [0.29, 0.717) is 17.3 Å². The van der Waals surface area contributed by atoms with Gasteiger partial charge in [0, 0.05) is 17.3 Å². The van der Waals surface area contributed by atoms with Gasteiger partial charge in [0.2, 0.25) is 0 Å². The Morgan fingerprint density at radius 2 is 2.12 bits per heavy atom. The predicted octanol–water partition coefficient (Wildman–Crippen LogP) is 3.15. The standard InChI is InChI=1S/C12H17ClN2O2/c1-12(2,3)17-11(16)15-10-6-9(13)5-4-8(10)7-14/h4-6H,7,14H2,1-3H3,(H,15,16). The molecule has 0 aromatic heterocycles. The van der Waals surface area contributed by atoms with Gasteiger partial charge in [-0.25, -0.2) is 4.79 Å². The van der Waals surface area contributed by atoms with Gasteiger partial charge in [-0.2, -0.15) is 0 Å². The van der Waals surface area contributed by atoms with E-state index in [4.69, 9.17) is 22.1 Å². The second kappa shape index (κ2) is 5.38. The molecule has 0 radical (unpaired) electrons. The molecule has 4 nitrogen and oxygen atoms in total. The largest absolute Gasteiger partial charge is 0.444 e. The topological polar surface area (TPSA) is 64.3 Å². The van der Waals surface area contributed by atoms with Gasteiger partial charge < -0.3 is 10.5 Å². The maximum absolute atomic E-state index is 11.6. The average Bonchev–Trinajstić information content (AvgIpc) is 2.14. The molecule has 0 bridgehead atoms. The molecule has 17 heavy (non-hydrogen) atoms. The van der Waals surface area contributed by atoms with Gasteiger partial charge >= 0.3 is 6.09 Å². The molecule has 0 heterocycles. The summed E-state index contributed by atoms with van der Waals surface area (Å²) in [7, 11) is 0. The zero-order chi connectivity index (χ0) is 13.1. The molecule has 0 spiro atoms. The maximum Gasteiger partial charge on any atom is 0.412 e. The number of rotatable bonds is 2. The Bertz CT molecular complexity index is 413. The van der Waals surface area contributed by atoms with E-state index in [9.17, 15) is 4.79 Å². The van der Waals surface area contributed by atoms with Crippen LogP contribution in [0.4, 0.5) is 10.5 Å². The quantitative estimate of drug-likeness (QED) is 0.854. The number of nitrogens with one attached hydrogen (secondary N) is 1. The Balaban J connectivity index is 2.80. The van der Waals surface area contributed by atoms with Gasteiger partial charge in [0.1, 0.15) is 5.60 Å². The van der Waals surface area contributed by atoms with E-state index < -0.39 is 11.7 Å². The van der Waals surface area contributed by atoms with Gasteiger partial charge in [-0.1, -0.05) is 17.7 Å². The zero-order valence-electron chi connectivity index (χ0n) is 10.2. The molecular weight excluding hydrogens is 240 g/mol. The van der Waals surface area contributed by atoms with Crippen LogP contribution in [0.3, 0.4) is 0 Å². The number of carbonyl (C=O) groups is 1. The number of carbonyl (C=O) groups excluding carboxylic acids is 1. The maximum atomic E-state index is 11.6.